The molecule has 6 heteroatoms. The van der Waals surface area contributed by atoms with Gasteiger partial charge in [-0.1, -0.05) is 12.1 Å². The molecule has 0 spiro atoms. The Morgan fingerprint density at radius 1 is 1.21 bits per heavy atom. The molecule has 2 atom stereocenters. The lowest BCUT2D eigenvalue weighted by atomic mass is 10.1. The summed E-state index contributed by atoms with van der Waals surface area (Å²) in [7, 11) is -1.62. The van der Waals surface area contributed by atoms with Crippen molar-refractivity contribution < 1.29 is 12.8 Å². The molecule has 1 aromatic carbocycles. The van der Waals surface area contributed by atoms with Gasteiger partial charge in [-0.2, -0.15) is 0 Å². The minimum atomic E-state index is -3.34. The molecule has 0 heterocycles. The Morgan fingerprint density at radius 3 is 2.32 bits per heavy atom. The van der Waals surface area contributed by atoms with Crippen LogP contribution in [0, 0.1) is 5.82 Å². The zero-order valence-electron chi connectivity index (χ0n) is 11.5. The largest absolute Gasteiger partial charge is 0.318 e. The van der Waals surface area contributed by atoms with Crippen molar-refractivity contribution in [3.8, 4) is 0 Å². The van der Waals surface area contributed by atoms with Crippen LogP contribution in [0.3, 0.4) is 0 Å². The van der Waals surface area contributed by atoms with Crippen LogP contribution >= 0.6 is 0 Å². The summed E-state index contributed by atoms with van der Waals surface area (Å²) in [6.07, 6.45) is 0.534. The molecule has 0 aliphatic rings. The first-order valence-corrected chi connectivity index (χ1v) is 7.80. The van der Waals surface area contributed by atoms with Crippen LogP contribution in [0.15, 0.2) is 24.3 Å². The highest BCUT2D eigenvalue weighted by atomic mass is 32.2. The minimum absolute atomic E-state index is 0.227. The molecule has 108 valence electrons. The number of rotatable bonds is 7. The molecule has 0 amide bonds. The van der Waals surface area contributed by atoms with E-state index in [0.29, 0.717) is 13.0 Å². The first kappa shape index (κ1) is 16.1. The molecule has 0 aliphatic carbocycles. The van der Waals surface area contributed by atoms with Crippen LogP contribution in [-0.2, 0) is 16.4 Å². The van der Waals surface area contributed by atoms with E-state index >= 15 is 0 Å². The van der Waals surface area contributed by atoms with E-state index in [1.54, 1.807) is 33.0 Å². The number of nitrogens with one attached hydrogen (secondary N) is 2. The van der Waals surface area contributed by atoms with Gasteiger partial charge in [0.15, 0.2) is 0 Å². The molecule has 0 saturated carbocycles. The van der Waals surface area contributed by atoms with Crippen molar-refractivity contribution in [3.05, 3.63) is 35.6 Å². The molecule has 0 fully saturated rings. The van der Waals surface area contributed by atoms with Gasteiger partial charge in [-0.3, -0.25) is 0 Å². The standard InChI is InChI=1S/C13H21FN2O2S/c1-10(8-12-4-6-13(14)7-5-12)16-19(17,18)11(2)9-15-3/h4-7,10-11,15-16H,8-9H2,1-3H3. The third-order valence-corrected chi connectivity index (χ3v) is 4.80. The first-order chi connectivity index (χ1) is 8.85. The lowest BCUT2D eigenvalue weighted by molar-refractivity contribution is 0.543. The molecule has 0 radical (unpaired) electrons. The second-order valence-corrected chi connectivity index (χ2v) is 6.89. The van der Waals surface area contributed by atoms with Gasteiger partial charge in [0.25, 0.3) is 0 Å². The van der Waals surface area contributed by atoms with Crippen molar-refractivity contribution in [3.63, 3.8) is 0 Å². The fraction of sp³-hybridized carbons (Fsp3) is 0.538. The van der Waals surface area contributed by atoms with E-state index in [1.165, 1.54) is 12.1 Å². The predicted octanol–water partition coefficient (Wildman–Crippen LogP) is 1.28. The highest BCUT2D eigenvalue weighted by molar-refractivity contribution is 7.90. The van der Waals surface area contributed by atoms with Crippen LogP contribution in [0.4, 0.5) is 4.39 Å². The van der Waals surface area contributed by atoms with E-state index in [1.807, 2.05) is 0 Å². The Hall–Kier alpha value is -0.980. The van der Waals surface area contributed by atoms with Gasteiger partial charge >= 0.3 is 0 Å². The van der Waals surface area contributed by atoms with Gasteiger partial charge in [-0.05, 0) is 45.0 Å². The number of sulfonamides is 1. The fourth-order valence-electron chi connectivity index (χ4n) is 1.81. The summed E-state index contributed by atoms with van der Waals surface area (Å²) in [4.78, 5) is 0. The van der Waals surface area contributed by atoms with Crippen molar-refractivity contribution in [1.29, 1.82) is 0 Å². The zero-order valence-corrected chi connectivity index (χ0v) is 12.3. The Balaban J connectivity index is 2.59. The molecule has 0 bridgehead atoms. The van der Waals surface area contributed by atoms with Gasteiger partial charge in [0, 0.05) is 12.6 Å². The Morgan fingerprint density at radius 2 is 1.79 bits per heavy atom. The maximum atomic E-state index is 12.8. The number of halogens is 1. The SMILES string of the molecule is CNCC(C)S(=O)(=O)NC(C)Cc1ccc(F)cc1. The van der Waals surface area contributed by atoms with Gasteiger partial charge in [0.1, 0.15) is 5.82 Å². The smallest absolute Gasteiger partial charge is 0.215 e. The molecule has 1 rings (SSSR count). The number of hydrogen-bond donors (Lipinski definition) is 2. The number of benzene rings is 1. The monoisotopic (exact) mass is 288 g/mol. The van der Waals surface area contributed by atoms with E-state index < -0.39 is 15.3 Å². The summed E-state index contributed by atoms with van der Waals surface area (Å²) in [6, 6.07) is 5.85. The molecule has 1 aromatic rings. The van der Waals surface area contributed by atoms with Gasteiger partial charge in [-0.25, -0.2) is 17.5 Å². The van der Waals surface area contributed by atoms with E-state index in [-0.39, 0.29) is 11.9 Å². The normalized spacial score (nSPS) is 15.2. The van der Waals surface area contributed by atoms with Crippen LogP contribution in [0.25, 0.3) is 0 Å². The molecular weight excluding hydrogens is 267 g/mol. The molecule has 2 unspecified atom stereocenters. The third kappa shape index (κ3) is 5.26. The van der Waals surface area contributed by atoms with Crippen LogP contribution in [-0.4, -0.2) is 33.3 Å². The van der Waals surface area contributed by atoms with E-state index in [2.05, 4.69) is 10.0 Å². The summed E-state index contributed by atoms with van der Waals surface area (Å²) < 4.78 is 39.3. The van der Waals surface area contributed by atoms with E-state index in [9.17, 15) is 12.8 Å². The van der Waals surface area contributed by atoms with Crippen LogP contribution in [0.5, 0.6) is 0 Å². The maximum absolute atomic E-state index is 12.8. The summed E-state index contributed by atoms with van der Waals surface area (Å²) in [5, 5.41) is 2.35. The summed E-state index contributed by atoms with van der Waals surface area (Å²) in [6.45, 7) is 3.86. The average molecular weight is 288 g/mol. The van der Waals surface area contributed by atoms with Gasteiger partial charge in [0.2, 0.25) is 10.0 Å². The molecular formula is C13H21FN2O2S. The predicted molar refractivity (Wildman–Crippen MR) is 75.0 cm³/mol. The van der Waals surface area contributed by atoms with E-state index in [4.69, 9.17) is 0 Å². The van der Waals surface area contributed by atoms with Crippen molar-refractivity contribution >= 4 is 10.0 Å². The highest BCUT2D eigenvalue weighted by Crippen LogP contribution is 2.07. The van der Waals surface area contributed by atoms with Crippen molar-refractivity contribution in [2.24, 2.45) is 0 Å². The highest BCUT2D eigenvalue weighted by Gasteiger charge is 2.21. The fourth-order valence-corrected chi connectivity index (χ4v) is 3.07. The van der Waals surface area contributed by atoms with Crippen molar-refractivity contribution in [2.75, 3.05) is 13.6 Å². The Bertz CT molecular complexity index is 488. The average Bonchev–Trinajstić information content (AvgIpc) is 2.31. The zero-order chi connectivity index (χ0) is 14.5. The second-order valence-electron chi connectivity index (χ2n) is 4.76. The third-order valence-electron chi connectivity index (χ3n) is 2.84. The van der Waals surface area contributed by atoms with Crippen molar-refractivity contribution in [1.82, 2.24) is 10.0 Å². The molecule has 0 aliphatic heterocycles. The molecule has 0 saturated heterocycles. The molecule has 0 aromatic heterocycles. The van der Waals surface area contributed by atoms with Gasteiger partial charge in [0.05, 0.1) is 5.25 Å². The first-order valence-electron chi connectivity index (χ1n) is 6.25. The molecule has 2 N–H and O–H groups in total. The second kappa shape index (κ2) is 6.98. The van der Waals surface area contributed by atoms with E-state index in [0.717, 1.165) is 5.56 Å². The van der Waals surface area contributed by atoms with Crippen LogP contribution in [0.2, 0.25) is 0 Å². The quantitative estimate of drug-likeness (QED) is 0.795. The summed E-state index contributed by atoms with van der Waals surface area (Å²) in [5.41, 5.74) is 0.901. The van der Waals surface area contributed by atoms with Crippen LogP contribution < -0.4 is 10.0 Å². The van der Waals surface area contributed by atoms with Crippen molar-refractivity contribution in [2.45, 2.75) is 31.6 Å². The molecule has 4 nitrogen and oxygen atoms in total. The minimum Gasteiger partial charge on any atom is -0.318 e. The summed E-state index contributed by atoms with van der Waals surface area (Å²) >= 11 is 0. The summed E-state index contributed by atoms with van der Waals surface area (Å²) in [5.74, 6) is -0.292. The Labute approximate surface area is 114 Å². The lowest BCUT2D eigenvalue weighted by Crippen LogP contribution is -2.42. The Kier molecular flexibility index (Phi) is 5.90. The van der Waals surface area contributed by atoms with Gasteiger partial charge < -0.3 is 5.32 Å². The topological polar surface area (TPSA) is 58.2 Å². The lowest BCUT2D eigenvalue weighted by Gasteiger charge is -2.18. The van der Waals surface area contributed by atoms with Crippen LogP contribution in [0.1, 0.15) is 19.4 Å². The maximum Gasteiger partial charge on any atom is 0.215 e. The molecule has 19 heavy (non-hydrogen) atoms. The number of hydrogen-bond acceptors (Lipinski definition) is 3. The van der Waals surface area contributed by atoms with Gasteiger partial charge in [-0.15, -0.1) is 0 Å².